The van der Waals surface area contributed by atoms with Crippen molar-refractivity contribution in [2.24, 2.45) is 0 Å². The van der Waals surface area contributed by atoms with Gasteiger partial charge in [0.05, 0.1) is 5.69 Å². The Kier molecular flexibility index (Phi) is 3.55. The van der Waals surface area contributed by atoms with Crippen molar-refractivity contribution in [3.8, 4) is 0 Å². The molecule has 6 heteroatoms. The lowest BCUT2D eigenvalue weighted by molar-refractivity contribution is 0.601. The molecule has 0 amide bonds. The highest BCUT2D eigenvalue weighted by Crippen LogP contribution is 2.27. The molecule has 3 rings (SSSR count). The van der Waals surface area contributed by atoms with E-state index in [1.165, 1.54) is 17.3 Å². The zero-order valence-corrected chi connectivity index (χ0v) is 12.6. The number of anilines is 2. The van der Waals surface area contributed by atoms with E-state index in [2.05, 4.69) is 15.0 Å². The topological polar surface area (TPSA) is 71.1 Å². The first kappa shape index (κ1) is 13.9. The third-order valence-corrected chi connectivity index (χ3v) is 5.10. The largest absolute Gasteiger partial charge is 0.387 e. The quantitative estimate of drug-likeness (QED) is 0.910. The first-order valence-electron chi connectivity index (χ1n) is 6.86. The van der Waals surface area contributed by atoms with Crippen LogP contribution < -0.4 is 10.0 Å². The van der Waals surface area contributed by atoms with E-state index in [0.717, 1.165) is 19.3 Å². The van der Waals surface area contributed by atoms with Gasteiger partial charge in [-0.2, -0.15) is 0 Å². The molecule has 0 aliphatic heterocycles. The molecule has 0 radical (unpaired) electrons. The number of nitrogens with one attached hydrogen (secondary N) is 2. The second kappa shape index (κ2) is 5.37. The summed E-state index contributed by atoms with van der Waals surface area (Å²) in [5, 5.41) is 2.87. The Bertz CT molecular complexity index is 772. The summed E-state index contributed by atoms with van der Waals surface area (Å²) >= 11 is 0. The lowest BCUT2D eigenvalue weighted by Crippen LogP contribution is -2.15. The summed E-state index contributed by atoms with van der Waals surface area (Å²) in [6, 6.07) is 7.38. The molecule has 0 bridgehead atoms. The summed E-state index contributed by atoms with van der Waals surface area (Å²) in [4.78, 5) is 4.05. The summed E-state index contributed by atoms with van der Waals surface area (Å²) in [5.41, 5.74) is 3.67. The highest BCUT2D eigenvalue weighted by molar-refractivity contribution is 7.92. The SMILES string of the molecule is CNc1ccncc1S(=O)(=O)Nc1ccc2c(c1)CCC2. The maximum absolute atomic E-state index is 12.5. The van der Waals surface area contributed by atoms with Crippen LogP contribution in [0.5, 0.6) is 0 Å². The van der Waals surface area contributed by atoms with Gasteiger partial charge in [0.1, 0.15) is 4.90 Å². The average Bonchev–Trinajstić information content (AvgIpc) is 2.94. The lowest BCUT2D eigenvalue weighted by atomic mass is 10.1. The second-order valence-electron chi connectivity index (χ2n) is 5.06. The third kappa shape index (κ3) is 2.71. The van der Waals surface area contributed by atoms with Gasteiger partial charge in [-0.3, -0.25) is 9.71 Å². The number of aromatic nitrogens is 1. The van der Waals surface area contributed by atoms with Crippen molar-refractivity contribution < 1.29 is 8.42 Å². The highest BCUT2D eigenvalue weighted by Gasteiger charge is 2.19. The van der Waals surface area contributed by atoms with Crippen molar-refractivity contribution >= 4 is 21.4 Å². The van der Waals surface area contributed by atoms with Crippen molar-refractivity contribution in [1.29, 1.82) is 0 Å². The number of fused-ring (bicyclic) bond motifs is 1. The molecule has 2 aromatic rings. The van der Waals surface area contributed by atoms with Crippen molar-refractivity contribution in [2.45, 2.75) is 24.2 Å². The van der Waals surface area contributed by atoms with E-state index in [-0.39, 0.29) is 4.90 Å². The zero-order chi connectivity index (χ0) is 14.9. The molecule has 2 N–H and O–H groups in total. The van der Waals surface area contributed by atoms with Gasteiger partial charge in [-0.25, -0.2) is 8.42 Å². The maximum Gasteiger partial charge on any atom is 0.265 e. The molecule has 1 aliphatic rings. The molecule has 0 atom stereocenters. The van der Waals surface area contributed by atoms with Crippen LogP contribution in [0.2, 0.25) is 0 Å². The summed E-state index contributed by atoms with van der Waals surface area (Å²) in [6.07, 6.45) is 6.13. The Balaban J connectivity index is 1.93. The monoisotopic (exact) mass is 303 g/mol. The van der Waals surface area contributed by atoms with Crippen LogP contribution in [0.15, 0.2) is 41.6 Å². The van der Waals surface area contributed by atoms with Crippen LogP contribution in [0, 0.1) is 0 Å². The molecular formula is C15H17N3O2S. The van der Waals surface area contributed by atoms with Gasteiger partial charge >= 0.3 is 0 Å². The summed E-state index contributed by atoms with van der Waals surface area (Å²) in [6.45, 7) is 0. The van der Waals surface area contributed by atoms with E-state index in [9.17, 15) is 8.42 Å². The van der Waals surface area contributed by atoms with Gasteiger partial charge in [0.15, 0.2) is 0 Å². The fourth-order valence-corrected chi connectivity index (χ4v) is 3.85. The van der Waals surface area contributed by atoms with E-state index < -0.39 is 10.0 Å². The molecule has 110 valence electrons. The van der Waals surface area contributed by atoms with Crippen LogP contribution in [-0.2, 0) is 22.9 Å². The van der Waals surface area contributed by atoms with E-state index in [1.54, 1.807) is 19.3 Å². The predicted molar refractivity (Wildman–Crippen MR) is 83.1 cm³/mol. The number of rotatable bonds is 4. The molecule has 0 spiro atoms. The molecular weight excluding hydrogens is 286 g/mol. The Morgan fingerprint density at radius 3 is 2.76 bits per heavy atom. The van der Waals surface area contributed by atoms with Crippen LogP contribution >= 0.6 is 0 Å². The summed E-state index contributed by atoms with van der Waals surface area (Å²) in [5.74, 6) is 0. The van der Waals surface area contributed by atoms with Gasteiger partial charge in [-0.05, 0) is 48.6 Å². The molecule has 0 fully saturated rings. The number of aryl methyl sites for hydroxylation is 2. The van der Waals surface area contributed by atoms with Crippen LogP contribution in [0.25, 0.3) is 0 Å². The Morgan fingerprint density at radius 1 is 1.14 bits per heavy atom. The first-order valence-corrected chi connectivity index (χ1v) is 8.35. The summed E-state index contributed by atoms with van der Waals surface area (Å²) in [7, 11) is -1.96. The van der Waals surface area contributed by atoms with Crippen LogP contribution in [0.3, 0.4) is 0 Å². The predicted octanol–water partition coefficient (Wildman–Crippen LogP) is 2.41. The van der Waals surface area contributed by atoms with Gasteiger partial charge in [0, 0.05) is 25.1 Å². The molecule has 0 saturated heterocycles. The minimum atomic E-state index is -3.65. The van der Waals surface area contributed by atoms with Crippen molar-refractivity contribution in [1.82, 2.24) is 4.98 Å². The van der Waals surface area contributed by atoms with Gasteiger partial charge in [-0.15, -0.1) is 0 Å². The zero-order valence-electron chi connectivity index (χ0n) is 11.8. The summed E-state index contributed by atoms with van der Waals surface area (Å²) < 4.78 is 27.6. The van der Waals surface area contributed by atoms with E-state index in [0.29, 0.717) is 11.4 Å². The number of sulfonamides is 1. The van der Waals surface area contributed by atoms with E-state index >= 15 is 0 Å². The smallest absolute Gasteiger partial charge is 0.265 e. The second-order valence-corrected chi connectivity index (χ2v) is 6.72. The molecule has 1 aromatic heterocycles. The molecule has 1 heterocycles. The fourth-order valence-electron chi connectivity index (χ4n) is 2.65. The van der Waals surface area contributed by atoms with Crippen LogP contribution in [0.1, 0.15) is 17.5 Å². The average molecular weight is 303 g/mol. The number of pyridine rings is 1. The first-order chi connectivity index (χ1) is 10.1. The van der Waals surface area contributed by atoms with Crippen LogP contribution in [-0.4, -0.2) is 20.4 Å². The van der Waals surface area contributed by atoms with Crippen molar-refractivity contribution in [2.75, 3.05) is 17.1 Å². The molecule has 1 aliphatic carbocycles. The van der Waals surface area contributed by atoms with E-state index in [1.807, 2.05) is 18.2 Å². The minimum Gasteiger partial charge on any atom is -0.387 e. The number of benzene rings is 1. The van der Waals surface area contributed by atoms with Crippen molar-refractivity contribution in [3.05, 3.63) is 47.8 Å². The highest BCUT2D eigenvalue weighted by atomic mass is 32.2. The molecule has 0 saturated carbocycles. The lowest BCUT2D eigenvalue weighted by Gasteiger charge is -2.12. The third-order valence-electron chi connectivity index (χ3n) is 3.69. The number of hydrogen-bond acceptors (Lipinski definition) is 4. The normalized spacial score (nSPS) is 13.8. The Hall–Kier alpha value is -2.08. The Morgan fingerprint density at radius 2 is 1.95 bits per heavy atom. The fraction of sp³-hybridized carbons (Fsp3) is 0.267. The Labute approximate surface area is 124 Å². The molecule has 1 aromatic carbocycles. The van der Waals surface area contributed by atoms with Gasteiger partial charge < -0.3 is 5.32 Å². The standard InChI is InChI=1S/C15H17N3O2S/c1-16-14-7-8-17-10-15(14)21(19,20)18-13-6-5-11-3-2-4-12(11)9-13/h5-10,18H,2-4H2,1H3,(H,16,17). The maximum atomic E-state index is 12.5. The molecule has 5 nitrogen and oxygen atoms in total. The minimum absolute atomic E-state index is 0.146. The molecule has 0 unspecified atom stereocenters. The number of nitrogens with zero attached hydrogens (tertiary/aromatic N) is 1. The molecule has 21 heavy (non-hydrogen) atoms. The van der Waals surface area contributed by atoms with Crippen molar-refractivity contribution in [3.63, 3.8) is 0 Å². The van der Waals surface area contributed by atoms with Crippen LogP contribution in [0.4, 0.5) is 11.4 Å². The van der Waals surface area contributed by atoms with E-state index in [4.69, 9.17) is 0 Å². The van der Waals surface area contributed by atoms with Gasteiger partial charge in [-0.1, -0.05) is 6.07 Å². The number of hydrogen-bond donors (Lipinski definition) is 2. The van der Waals surface area contributed by atoms with Gasteiger partial charge in [0.25, 0.3) is 10.0 Å². The van der Waals surface area contributed by atoms with Gasteiger partial charge in [0.2, 0.25) is 0 Å².